The SMILES string of the molecule is CC#CC#Cc1ccccc1OC. The van der Waals surface area contributed by atoms with Gasteiger partial charge in [-0.15, -0.1) is 0 Å². The Morgan fingerprint density at radius 2 is 1.92 bits per heavy atom. The van der Waals surface area contributed by atoms with E-state index in [9.17, 15) is 0 Å². The van der Waals surface area contributed by atoms with Crippen LogP contribution in [0.2, 0.25) is 0 Å². The maximum Gasteiger partial charge on any atom is 0.134 e. The minimum atomic E-state index is 0.785. The Balaban J connectivity index is 2.99. The lowest BCUT2D eigenvalue weighted by Gasteiger charge is -2.00. The summed E-state index contributed by atoms with van der Waals surface area (Å²) in [4.78, 5) is 0. The number of ether oxygens (including phenoxy) is 1. The molecule has 0 saturated carbocycles. The van der Waals surface area contributed by atoms with Gasteiger partial charge in [0.15, 0.2) is 0 Å². The number of para-hydroxylation sites is 1. The molecule has 0 bridgehead atoms. The molecule has 1 rings (SSSR count). The van der Waals surface area contributed by atoms with Crippen LogP contribution in [0.4, 0.5) is 0 Å². The Morgan fingerprint density at radius 1 is 1.15 bits per heavy atom. The molecule has 1 aromatic carbocycles. The highest BCUT2D eigenvalue weighted by Crippen LogP contribution is 2.15. The second-order valence-electron chi connectivity index (χ2n) is 2.33. The van der Waals surface area contributed by atoms with Crippen LogP contribution in [0.25, 0.3) is 0 Å². The highest BCUT2D eigenvalue weighted by atomic mass is 16.5. The van der Waals surface area contributed by atoms with E-state index in [0.717, 1.165) is 11.3 Å². The lowest BCUT2D eigenvalue weighted by Crippen LogP contribution is -1.85. The molecule has 0 unspecified atom stereocenters. The summed E-state index contributed by atoms with van der Waals surface area (Å²) in [5.74, 6) is 11.8. The van der Waals surface area contributed by atoms with E-state index < -0.39 is 0 Å². The average Bonchev–Trinajstić information content (AvgIpc) is 2.19. The van der Waals surface area contributed by atoms with Crippen molar-refractivity contribution in [2.45, 2.75) is 6.92 Å². The molecule has 0 aliphatic rings. The van der Waals surface area contributed by atoms with Crippen LogP contribution >= 0.6 is 0 Å². The molecule has 1 nitrogen and oxygen atoms in total. The van der Waals surface area contributed by atoms with E-state index in [1.165, 1.54) is 0 Å². The van der Waals surface area contributed by atoms with Gasteiger partial charge in [0.1, 0.15) is 5.75 Å². The Kier molecular flexibility index (Phi) is 3.48. The van der Waals surface area contributed by atoms with Gasteiger partial charge < -0.3 is 4.74 Å². The Labute approximate surface area is 78.7 Å². The maximum atomic E-state index is 5.13. The van der Waals surface area contributed by atoms with Crippen LogP contribution in [0.5, 0.6) is 5.75 Å². The van der Waals surface area contributed by atoms with Gasteiger partial charge in [-0.2, -0.15) is 0 Å². The molecule has 0 fully saturated rings. The summed E-state index contributed by atoms with van der Waals surface area (Å²) in [5.41, 5.74) is 0.868. The molecule has 0 radical (unpaired) electrons. The fourth-order valence-corrected chi connectivity index (χ4v) is 0.909. The molecule has 64 valence electrons. The van der Waals surface area contributed by atoms with Gasteiger partial charge in [0.25, 0.3) is 0 Å². The monoisotopic (exact) mass is 170 g/mol. The predicted octanol–water partition coefficient (Wildman–Crippen LogP) is 2.07. The third-order valence-electron chi connectivity index (χ3n) is 1.49. The van der Waals surface area contributed by atoms with Crippen LogP contribution in [0, 0.1) is 23.7 Å². The molecular weight excluding hydrogens is 160 g/mol. The van der Waals surface area contributed by atoms with Crippen LogP contribution in [0.15, 0.2) is 24.3 Å². The van der Waals surface area contributed by atoms with Crippen LogP contribution in [-0.2, 0) is 0 Å². The summed E-state index contributed by atoms with van der Waals surface area (Å²) >= 11 is 0. The molecular formula is C12H10O. The zero-order valence-electron chi connectivity index (χ0n) is 7.72. The van der Waals surface area contributed by atoms with Gasteiger partial charge in [0, 0.05) is 0 Å². The molecule has 0 aliphatic heterocycles. The van der Waals surface area contributed by atoms with Crippen molar-refractivity contribution >= 4 is 0 Å². The van der Waals surface area contributed by atoms with Gasteiger partial charge in [0.2, 0.25) is 0 Å². The molecule has 0 N–H and O–H groups in total. The first-order valence-electron chi connectivity index (χ1n) is 3.94. The largest absolute Gasteiger partial charge is 0.495 e. The van der Waals surface area contributed by atoms with E-state index in [0.29, 0.717) is 0 Å². The molecule has 1 heteroatoms. The lowest BCUT2D eigenvalue weighted by molar-refractivity contribution is 0.413. The lowest BCUT2D eigenvalue weighted by atomic mass is 10.2. The molecule has 0 heterocycles. The summed E-state index contributed by atoms with van der Waals surface area (Å²) in [6.07, 6.45) is 0. The topological polar surface area (TPSA) is 9.23 Å². The van der Waals surface area contributed by atoms with E-state index in [2.05, 4.69) is 23.7 Å². The Bertz CT molecular complexity index is 396. The van der Waals surface area contributed by atoms with E-state index in [4.69, 9.17) is 4.74 Å². The number of benzene rings is 1. The molecule has 0 amide bonds. The fourth-order valence-electron chi connectivity index (χ4n) is 0.909. The number of hydrogen-bond donors (Lipinski definition) is 0. The van der Waals surface area contributed by atoms with Crippen molar-refractivity contribution in [3.8, 4) is 29.4 Å². The first kappa shape index (κ1) is 9.23. The van der Waals surface area contributed by atoms with E-state index in [1.54, 1.807) is 14.0 Å². The third kappa shape index (κ3) is 2.58. The highest BCUT2D eigenvalue weighted by molar-refractivity contribution is 5.48. The van der Waals surface area contributed by atoms with E-state index in [-0.39, 0.29) is 0 Å². The van der Waals surface area contributed by atoms with Crippen molar-refractivity contribution in [3.05, 3.63) is 29.8 Å². The van der Waals surface area contributed by atoms with Crippen molar-refractivity contribution in [2.24, 2.45) is 0 Å². The van der Waals surface area contributed by atoms with Gasteiger partial charge in [-0.1, -0.05) is 18.1 Å². The maximum absolute atomic E-state index is 5.13. The number of methoxy groups -OCH3 is 1. The first-order chi connectivity index (χ1) is 6.38. The molecule has 0 atom stereocenters. The van der Waals surface area contributed by atoms with Crippen LogP contribution < -0.4 is 4.74 Å². The van der Waals surface area contributed by atoms with Gasteiger partial charge in [-0.25, -0.2) is 0 Å². The second-order valence-corrected chi connectivity index (χ2v) is 2.33. The zero-order chi connectivity index (χ0) is 9.52. The summed E-state index contributed by atoms with van der Waals surface area (Å²) in [6, 6.07) is 7.62. The predicted molar refractivity (Wildman–Crippen MR) is 53.3 cm³/mol. The molecule has 0 aliphatic carbocycles. The summed E-state index contributed by atoms with van der Waals surface area (Å²) < 4.78 is 5.13. The summed E-state index contributed by atoms with van der Waals surface area (Å²) in [7, 11) is 1.63. The second kappa shape index (κ2) is 4.91. The first-order valence-corrected chi connectivity index (χ1v) is 3.94. The van der Waals surface area contributed by atoms with E-state index in [1.807, 2.05) is 24.3 Å². The number of hydrogen-bond acceptors (Lipinski definition) is 1. The van der Waals surface area contributed by atoms with Crippen LogP contribution in [0.1, 0.15) is 12.5 Å². The van der Waals surface area contributed by atoms with Crippen molar-refractivity contribution in [2.75, 3.05) is 7.11 Å². The molecule has 1 aromatic rings. The molecule has 0 saturated heterocycles. The zero-order valence-corrected chi connectivity index (χ0v) is 7.72. The Morgan fingerprint density at radius 3 is 2.62 bits per heavy atom. The summed E-state index contributed by atoms with van der Waals surface area (Å²) in [5, 5.41) is 0. The third-order valence-corrected chi connectivity index (χ3v) is 1.49. The number of rotatable bonds is 1. The minimum Gasteiger partial charge on any atom is -0.495 e. The van der Waals surface area contributed by atoms with Gasteiger partial charge >= 0.3 is 0 Å². The van der Waals surface area contributed by atoms with Crippen molar-refractivity contribution in [1.29, 1.82) is 0 Å². The average molecular weight is 170 g/mol. The highest BCUT2D eigenvalue weighted by Gasteiger charge is 1.95. The molecule has 0 aromatic heterocycles. The van der Waals surface area contributed by atoms with Crippen LogP contribution in [0.3, 0.4) is 0 Å². The van der Waals surface area contributed by atoms with Crippen molar-refractivity contribution in [1.82, 2.24) is 0 Å². The quantitative estimate of drug-likeness (QED) is 0.586. The fraction of sp³-hybridized carbons (Fsp3) is 0.167. The minimum absolute atomic E-state index is 0.785. The van der Waals surface area contributed by atoms with Crippen molar-refractivity contribution < 1.29 is 4.74 Å². The van der Waals surface area contributed by atoms with Gasteiger partial charge in [0.05, 0.1) is 12.7 Å². The van der Waals surface area contributed by atoms with Crippen LogP contribution in [-0.4, -0.2) is 7.11 Å². The van der Waals surface area contributed by atoms with Crippen molar-refractivity contribution in [3.63, 3.8) is 0 Å². The molecule has 13 heavy (non-hydrogen) atoms. The smallest absolute Gasteiger partial charge is 0.134 e. The standard InChI is InChI=1S/C12H10O/c1-3-4-5-8-11-9-6-7-10-12(11)13-2/h6-7,9-10H,1-2H3. The van der Waals surface area contributed by atoms with Gasteiger partial charge in [-0.3, -0.25) is 0 Å². The Hall–Kier alpha value is -1.86. The van der Waals surface area contributed by atoms with Gasteiger partial charge in [-0.05, 0) is 36.8 Å². The van der Waals surface area contributed by atoms with E-state index >= 15 is 0 Å². The molecule has 0 spiro atoms. The summed E-state index contributed by atoms with van der Waals surface area (Å²) in [6.45, 7) is 1.76. The normalized spacial score (nSPS) is 7.54.